The Morgan fingerprint density at radius 1 is 1.14 bits per heavy atom. The summed E-state index contributed by atoms with van der Waals surface area (Å²) in [5, 5.41) is 3.77. The van der Waals surface area contributed by atoms with Crippen molar-refractivity contribution in [3.8, 4) is 5.75 Å². The predicted octanol–water partition coefficient (Wildman–Crippen LogP) is 3.27. The van der Waals surface area contributed by atoms with Crippen LogP contribution in [0.15, 0.2) is 36.4 Å². The van der Waals surface area contributed by atoms with Crippen molar-refractivity contribution < 1.29 is 17.5 Å². The standard InChI is InChI=1S/C19H21FN4O3S2/c1-27-17-5-3-13(20)11-15(17)21-19-22-16-12-14(4-6-18(16)28-19)23-7-9-24(10-8-23)29(2,25)26/h3-6,11-12H,7-10H2,1-2H3,(H,21,22). The van der Waals surface area contributed by atoms with Crippen molar-refractivity contribution in [3.05, 3.63) is 42.2 Å². The second-order valence-corrected chi connectivity index (χ2v) is 9.80. The van der Waals surface area contributed by atoms with Crippen LogP contribution in [-0.4, -0.2) is 57.3 Å². The lowest BCUT2D eigenvalue weighted by Crippen LogP contribution is -2.48. The zero-order valence-electron chi connectivity index (χ0n) is 16.1. The van der Waals surface area contributed by atoms with Gasteiger partial charge in [0, 0.05) is 37.9 Å². The first-order valence-corrected chi connectivity index (χ1v) is 11.7. The van der Waals surface area contributed by atoms with E-state index in [4.69, 9.17) is 4.74 Å². The maximum atomic E-state index is 13.6. The van der Waals surface area contributed by atoms with Gasteiger partial charge in [-0.05, 0) is 30.3 Å². The van der Waals surface area contributed by atoms with Gasteiger partial charge in [0.25, 0.3) is 0 Å². The lowest BCUT2D eigenvalue weighted by Gasteiger charge is -2.34. The molecule has 0 spiro atoms. The topological polar surface area (TPSA) is 74.8 Å². The summed E-state index contributed by atoms with van der Waals surface area (Å²) in [7, 11) is -1.62. The van der Waals surface area contributed by atoms with E-state index in [2.05, 4.69) is 15.2 Å². The van der Waals surface area contributed by atoms with Crippen molar-refractivity contribution in [1.82, 2.24) is 9.29 Å². The molecule has 1 N–H and O–H groups in total. The number of rotatable bonds is 5. The molecule has 10 heteroatoms. The molecule has 0 bridgehead atoms. The normalized spacial score (nSPS) is 15.6. The molecular formula is C19H21FN4O3S2. The van der Waals surface area contributed by atoms with E-state index in [9.17, 15) is 12.8 Å². The molecular weight excluding hydrogens is 415 g/mol. The first-order valence-electron chi connectivity index (χ1n) is 9.05. The number of anilines is 3. The Morgan fingerprint density at radius 2 is 1.90 bits per heavy atom. The number of thiazole rings is 1. The molecule has 0 atom stereocenters. The number of sulfonamides is 1. The molecule has 2 aromatic carbocycles. The second-order valence-electron chi connectivity index (χ2n) is 6.79. The van der Waals surface area contributed by atoms with Gasteiger partial charge in [0.15, 0.2) is 5.13 Å². The van der Waals surface area contributed by atoms with Gasteiger partial charge in [-0.1, -0.05) is 11.3 Å². The molecule has 4 rings (SSSR count). The number of fused-ring (bicyclic) bond motifs is 1. The maximum Gasteiger partial charge on any atom is 0.211 e. The van der Waals surface area contributed by atoms with E-state index < -0.39 is 10.0 Å². The minimum absolute atomic E-state index is 0.357. The van der Waals surface area contributed by atoms with Crippen molar-refractivity contribution >= 4 is 48.1 Å². The Labute approximate surface area is 172 Å². The summed E-state index contributed by atoms with van der Waals surface area (Å²) in [4.78, 5) is 6.78. The summed E-state index contributed by atoms with van der Waals surface area (Å²) in [5.41, 5.74) is 2.35. The van der Waals surface area contributed by atoms with Crippen molar-refractivity contribution in [2.75, 3.05) is 49.8 Å². The van der Waals surface area contributed by atoms with E-state index in [0.29, 0.717) is 42.7 Å². The summed E-state index contributed by atoms with van der Waals surface area (Å²) < 4.78 is 44.7. The first-order chi connectivity index (χ1) is 13.8. The van der Waals surface area contributed by atoms with Gasteiger partial charge in [-0.3, -0.25) is 0 Å². The number of hydrogen-bond donors (Lipinski definition) is 1. The summed E-state index contributed by atoms with van der Waals surface area (Å²) in [6, 6.07) is 10.3. The highest BCUT2D eigenvalue weighted by Gasteiger charge is 2.23. The van der Waals surface area contributed by atoms with E-state index in [1.165, 1.54) is 41.1 Å². The predicted molar refractivity (Wildman–Crippen MR) is 114 cm³/mol. The van der Waals surface area contributed by atoms with Crippen LogP contribution < -0.4 is 15.0 Å². The van der Waals surface area contributed by atoms with Gasteiger partial charge in [-0.15, -0.1) is 0 Å². The Morgan fingerprint density at radius 3 is 2.59 bits per heavy atom. The van der Waals surface area contributed by atoms with Gasteiger partial charge in [-0.2, -0.15) is 4.31 Å². The first kappa shape index (κ1) is 19.9. The van der Waals surface area contributed by atoms with Gasteiger partial charge in [-0.25, -0.2) is 17.8 Å². The van der Waals surface area contributed by atoms with Crippen molar-refractivity contribution in [2.24, 2.45) is 0 Å². The van der Waals surface area contributed by atoms with Gasteiger partial charge < -0.3 is 15.0 Å². The van der Waals surface area contributed by atoms with E-state index in [1.54, 1.807) is 6.07 Å². The molecule has 0 radical (unpaired) electrons. The molecule has 154 valence electrons. The number of hydrogen-bond acceptors (Lipinski definition) is 7. The number of piperazine rings is 1. The number of aromatic nitrogens is 1. The van der Waals surface area contributed by atoms with Crippen LogP contribution in [0.2, 0.25) is 0 Å². The Kier molecular flexibility index (Phi) is 5.32. The number of halogens is 1. The molecule has 0 saturated carbocycles. The maximum absolute atomic E-state index is 13.6. The summed E-state index contributed by atoms with van der Waals surface area (Å²) in [6.45, 7) is 2.21. The van der Waals surface area contributed by atoms with Crippen molar-refractivity contribution in [2.45, 2.75) is 0 Å². The largest absolute Gasteiger partial charge is 0.495 e. The van der Waals surface area contributed by atoms with E-state index in [0.717, 1.165) is 15.9 Å². The minimum Gasteiger partial charge on any atom is -0.495 e. The quantitative estimate of drug-likeness (QED) is 0.662. The summed E-state index contributed by atoms with van der Waals surface area (Å²) in [6.07, 6.45) is 1.24. The third-order valence-electron chi connectivity index (χ3n) is 4.85. The van der Waals surface area contributed by atoms with Gasteiger partial charge in [0.2, 0.25) is 10.0 Å². The third-order valence-corrected chi connectivity index (χ3v) is 7.10. The fraction of sp³-hybridized carbons (Fsp3) is 0.316. The smallest absolute Gasteiger partial charge is 0.211 e. The zero-order chi connectivity index (χ0) is 20.6. The van der Waals surface area contributed by atoms with Crippen LogP contribution in [0.3, 0.4) is 0 Å². The third kappa shape index (κ3) is 4.29. The highest BCUT2D eigenvalue weighted by Crippen LogP contribution is 2.34. The highest BCUT2D eigenvalue weighted by atomic mass is 32.2. The van der Waals surface area contributed by atoms with Crippen LogP contribution in [0.1, 0.15) is 0 Å². The molecule has 0 unspecified atom stereocenters. The minimum atomic E-state index is -3.15. The van der Waals surface area contributed by atoms with Crippen LogP contribution >= 0.6 is 11.3 Å². The van der Waals surface area contributed by atoms with Crippen molar-refractivity contribution in [3.63, 3.8) is 0 Å². The lowest BCUT2D eigenvalue weighted by atomic mass is 10.2. The second kappa shape index (κ2) is 7.77. The molecule has 7 nitrogen and oxygen atoms in total. The molecule has 1 aliphatic heterocycles. The monoisotopic (exact) mass is 436 g/mol. The van der Waals surface area contributed by atoms with Gasteiger partial charge >= 0.3 is 0 Å². The Bertz CT molecular complexity index is 1140. The van der Waals surface area contributed by atoms with Crippen LogP contribution in [0.4, 0.5) is 20.9 Å². The molecule has 29 heavy (non-hydrogen) atoms. The van der Waals surface area contributed by atoms with Gasteiger partial charge in [0.05, 0.1) is 29.3 Å². The van der Waals surface area contributed by atoms with Gasteiger partial charge in [0.1, 0.15) is 11.6 Å². The number of nitrogens with one attached hydrogen (secondary N) is 1. The van der Waals surface area contributed by atoms with Crippen LogP contribution in [0, 0.1) is 5.82 Å². The highest BCUT2D eigenvalue weighted by molar-refractivity contribution is 7.88. The molecule has 2 heterocycles. The molecule has 1 saturated heterocycles. The molecule has 1 aliphatic rings. The average Bonchev–Trinajstić information content (AvgIpc) is 3.09. The number of methoxy groups -OCH3 is 1. The molecule has 0 aliphatic carbocycles. The SMILES string of the molecule is COc1ccc(F)cc1Nc1nc2cc(N3CCN(S(C)(=O)=O)CC3)ccc2s1. The van der Waals surface area contributed by atoms with Crippen LogP contribution in [0.5, 0.6) is 5.75 Å². The number of benzene rings is 2. The van der Waals surface area contributed by atoms with E-state index in [1.807, 2.05) is 18.2 Å². The molecule has 1 aromatic heterocycles. The Hall–Kier alpha value is -2.43. The van der Waals surface area contributed by atoms with Crippen molar-refractivity contribution in [1.29, 1.82) is 0 Å². The Balaban J connectivity index is 1.54. The summed E-state index contributed by atoms with van der Waals surface area (Å²) >= 11 is 1.47. The summed E-state index contributed by atoms with van der Waals surface area (Å²) in [5.74, 6) is 0.181. The molecule has 3 aromatic rings. The number of nitrogens with zero attached hydrogens (tertiary/aromatic N) is 3. The zero-order valence-corrected chi connectivity index (χ0v) is 17.7. The van der Waals surface area contributed by atoms with Crippen LogP contribution in [0.25, 0.3) is 10.2 Å². The van der Waals surface area contributed by atoms with E-state index >= 15 is 0 Å². The number of ether oxygens (including phenoxy) is 1. The van der Waals surface area contributed by atoms with Crippen LogP contribution in [-0.2, 0) is 10.0 Å². The van der Waals surface area contributed by atoms with E-state index in [-0.39, 0.29) is 5.82 Å². The fourth-order valence-corrected chi connectivity index (χ4v) is 5.02. The molecule has 1 fully saturated rings. The lowest BCUT2D eigenvalue weighted by molar-refractivity contribution is 0.388. The fourth-order valence-electron chi connectivity index (χ4n) is 3.34. The average molecular weight is 437 g/mol. The molecule has 0 amide bonds.